The van der Waals surface area contributed by atoms with E-state index in [2.05, 4.69) is 240 Å². The van der Waals surface area contributed by atoms with E-state index in [1.807, 2.05) is 12.3 Å². The molecule has 0 amide bonds. The highest BCUT2D eigenvalue weighted by molar-refractivity contribution is 7.19. The Bertz CT molecular complexity index is 3460. The smallest absolute Gasteiger partial charge is 0.179 e. The van der Waals surface area contributed by atoms with Crippen molar-refractivity contribution in [2.45, 2.75) is 0 Å². The summed E-state index contributed by atoms with van der Waals surface area (Å²) in [6.45, 7) is 0. The van der Waals surface area contributed by atoms with Gasteiger partial charge >= 0.3 is 0 Å². The van der Waals surface area contributed by atoms with Crippen LogP contribution in [-0.2, 0) is 0 Å². The number of rotatable bonds is 8. The SMILES string of the molecule is c1ccc([Si](c2ccccc2)(c2ccccc2)c2cccc(-c3ccnc(-c4ccc(-n5c6ccccc6c6cc(-n7c8ccccc8c8ccccc87)ccc65)cc4)n3)c2)cc1. The minimum absolute atomic E-state index is 0.695. The molecule has 3 aromatic heterocycles. The Morgan fingerprint density at radius 3 is 1.35 bits per heavy atom. The fourth-order valence-electron chi connectivity index (χ4n) is 9.97. The Morgan fingerprint density at radius 1 is 0.317 bits per heavy atom. The lowest BCUT2D eigenvalue weighted by Gasteiger charge is -2.34. The molecule has 0 fully saturated rings. The van der Waals surface area contributed by atoms with Crippen LogP contribution in [0.2, 0.25) is 0 Å². The Kier molecular flexibility index (Phi) is 8.80. The summed E-state index contributed by atoms with van der Waals surface area (Å²) in [5, 5.41) is 10.3. The van der Waals surface area contributed by atoms with Crippen molar-refractivity contribution in [3.05, 3.63) is 243 Å². The largest absolute Gasteiger partial charge is 0.309 e. The number of hydrogen-bond donors (Lipinski definition) is 0. The lowest BCUT2D eigenvalue weighted by Crippen LogP contribution is -2.74. The van der Waals surface area contributed by atoms with E-state index < -0.39 is 8.07 Å². The van der Waals surface area contributed by atoms with Crippen LogP contribution in [0.15, 0.2) is 243 Å². The molecule has 0 N–H and O–H groups in total. The van der Waals surface area contributed by atoms with Crippen molar-refractivity contribution in [2.24, 2.45) is 0 Å². The van der Waals surface area contributed by atoms with Crippen LogP contribution in [-0.4, -0.2) is 27.2 Å². The molecule has 9 aromatic carbocycles. The molecule has 3 heterocycles. The third-order valence-electron chi connectivity index (χ3n) is 12.7. The number of para-hydroxylation sites is 3. The van der Waals surface area contributed by atoms with E-state index >= 15 is 0 Å². The van der Waals surface area contributed by atoms with Crippen molar-refractivity contribution < 1.29 is 0 Å². The zero-order valence-electron chi connectivity index (χ0n) is 34.4. The molecule has 0 saturated heterocycles. The maximum atomic E-state index is 5.22. The maximum absolute atomic E-state index is 5.22. The average molecular weight is 821 g/mol. The van der Waals surface area contributed by atoms with Gasteiger partial charge in [-0.05, 0) is 87.5 Å². The van der Waals surface area contributed by atoms with Crippen LogP contribution in [0.1, 0.15) is 0 Å². The van der Waals surface area contributed by atoms with Crippen molar-refractivity contribution in [1.82, 2.24) is 19.1 Å². The Labute approximate surface area is 366 Å². The van der Waals surface area contributed by atoms with Crippen molar-refractivity contribution in [2.75, 3.05) is 0 Å². The van der Waals surface area contributed by atoms with Gasteiger partial charge in [-0.1, -0.05) is 170 Å². The molecule has 0 atom stereocenters. The van der Waals surface area contributed by atoms with Crippen molar-refractivity contribution in [3.63, 3.8) is 0 Å². The third-order valence-corrected chi connectivity index (χ3v) is 17.5. The molecule has 0 aliphatic rings. The monoisotopic (exact) mass is 820 g/mol. The topological polar surface area (TPSA) is 35.6 Å². The number of nitrogens with zero attached hydrogens (tertiary/aromatic N) is 4. The van der Waals surface area contributed by atoms with E-state index in [-0.39, 0.29) is 0 Å². The van der Waals surface area contributed by atoms with E-state index in [1.165, 1.54) is 58.8 Å². The van der Waals surface area contributed by atoms with Gasteiger partial charge in [0.25, 0.3) is 0 Å². The van der Waals surface area contributed by atoms with Gasteiger partial charge in [0.05, 0.1) is 27.8 Å². The summed E-state index contributed by atoms with van der Waals surface area (Å²) >= 11 is 0. The molecule has 0 spiro atoms. The molecule has 0 unspecified atom stereocenters. The number of fused-ring (bicyclic) bond motifs is 6. The normalized spacial score (nSPS) is 11.8. The van der Waals surface area contributed by atoms with E-state index in [0.717, 1.165) is 33.7 Å². The van der Waals surface area contributed by atoms with Crippen molar-refractivity contribution in [1.29, 1.82) is 0 Å². The van der Waals surface area contributed by atoms with Gasteiger partial charge in [-0.25, -0.2) is 9.97 Å². The number of aromatic nitrogens is 4. The van der Waals surface area contributed by atoms with Gasteiger partial charge in [0.15, 0.2) is 13.9 Å². The summed E-state index contributed by atoms with van der Waals surface area (Å²) in [6.07, 6.45) is 1.89. The lowest BCUT2D eigenvalue weighted by molar-refractivity contribution is 1.16. The first-order valence-electron chi connectivity index (χ1n) is 21.5. The Balaban J connectivity index is 0.930. The van der Waals surface area contributed by atoms with Gasteiger partial charge in [0.1, 0.15) is 0 Å². The molecule has 0 saturated carbocycles. The minimum atomic E-state index is -2.70. The highest BCUT2D eigenvalue weighted by Crippen LogP contribution is 2.37. The van der Waals surface area contributed by atoms with E-state index in [0.29, 0.717) is 5.82 Å². The predicted octanol–water partition coefficient (Wildman–Crippen LogP) is 11.4. The summed E-state index contributed by atoms with van der Waals surface area (Å²) in [5.41, 5.74) is 9.90. The van der Waals surface area contributed by atoms with E-state index in [9.17, 15) is 0 Å². The lowest BCUT2D eigenvalue weighted by atomic mass is 10.1. The second-order valence-corrected chi connectivity index (χ2v) is 20.0. The van der Waals surface area contributed by atoms with E-state index in [4.69, 9.17) is 9.97 Å². The van der Waals surface area contributed by atoms with Gasteiger partial charge < -0.3 is 9.13 Å². The first-order chi connectivity index (χ1) is 31.3. The first-order valence-corrected chi connectivity index (χ1v) is 23.5. The van der Waals surface area contributed by atoms with Crippen LogP contribution < -0.4 is 20.7 Å². The Hall–Kier alpha value is -8.12. The minimum Gasteiger partial charge on any atom is -0.309 e. The molecule has 0 aliphatic carbocycles. The van der Waals surface area contributed by atoms with Crippen LogP contribution in [0.5, 0.6) is 0 Å². The zero-order chi connectivity index (χ0) is 41.7. The third kappa shape index (κ3) is 5.97. The van der Waals surface area contributed by atoms with Crippen LogP contribution in [0.25, 0.3) is 77.6 Å². The summed E-state index contributed by atoms with van der Waals surface area (Å²) in [4.78, 5) is 10.0. The van der Waals surface area contributed by atoms with Gasteiger partial charge in [-0.2, -0.15) is 0 Å². The maximum Gasteiger partial charge on any atom is 0.179 e. The van der Waals surface area contributed by atoms with Crippen LogP contribution in [0.4, 0.5) is 0 Å². The number of hydrogen-bond acceptors (Lipinski definition) is 2. The summed E-state index contributed by atoms with van der Waals surface area (Å²) < 4.78 is 4.76. The zero-order valence-corrected chi connectivity index (χ0v) is 35.4. The van der Waals surface area contributed by atoms with Gasteiger partial charge in [0.2, 0.25) is 0 Å². The molecule has 4 nitrogen and oxygen atoms in total. The fraction of sp³-hybridized carbons (Fsp3) is 0. The van der Waals surface area contributed by atoms with Crippen molar-refractivity contribution >= 4 is 72.4 Å². The summed E-state index contributed by atoms with van der Waals surface area (Å²) in [7, 11) is -2.70. The average Bonchev–Trinajstić information content (AvgIpc) is 3.88. The molecule has 12 aromatic rings. The molecule has 12 rings (SSSR count). The first kappa shape index (κ1) is 36.7. The molecule has 63 heavy (non-hydrogen) atoms. The second kappa shape index (κ2) is 15.1. The molecule has 0 radical (unpaired) electrons. The predicted molar refractivity (Wildman–Crippen MR) is 265 cm³/mol. The quantitative estimate of drug-likeness (QED) is 0.113. The molecule has 0 aliphatic heterocycles. The van der Waals surface area contributed by atoms with Gasteiger partial charge in [0, 0.05) is 50.2 Å². The van der Waals surface area contributed by atoms with Gasteiger partial charge in [-0.3, -0.25) is 0 Å². The van der Waals surface area contributed by atoms with Crippen LogP contribution in [0, 0.1) is 0 Å². The highest BCUT2D eigenvalue weighted by Gasteiger charge is 2.41. The van der Waals surface area contributed by atoms with Crippen molar-refractivity contribution in [3.8, 4) is 34.0 Å². The van der Waals surface area contributed by atoms with E-state index in [1.54, 1.807) is 0 Å². The summed E-state index contributed by atoms with van der Waals surface area (Å²) in [6, 6.07) is 85.8. The molecular formula is C58H40N4Si. The molecular weight excluding hydrogens is 781 g/mol. The molecule has 5 heteroatoms. The summed E-state index contributed by atoms with van der Waals surface area (Å²) in [5.74, 6) is 0.695. The molecule has 0 bridgehead atoms. The molecule has 296 valence electrons. The van der Waals surface area contributed by atoms with Crippen LogP contribution in [0.3, 0.4) is 0 Å². The van der Waals surface area contributed by atoms with Gasteiger partial charge in [-0.15, -0.1) is 0 Å². The standard InChI is InChI=1S/C58H40N4Si/c1-4-18-45(19-5-1)63(46-20-6-2-7-21-46,47-22-8-3-9-23-47)48-24-16-17-42(39-48)53-37-38-59-58(60-53)41-31-33-43(34-32-41)61-56-30-15-12-27-51(56)52-40-44(35-36-57(52)61)62-54-28-13-10-25-49(54)50-26-11-14-29-55(50)62/h1-40H. The number of benzene rings is 9. The van der Waals surface area contributed by atoms with Crippen LogP contribution >= 0.6 is 0 Å². The second-order valence-electron chi connectivity index (χ2n) is 16.2. The highest BCUT2D eigenvalue weighted by atomic mass is 28.3. The fourth-order valence-corrected chi connectivity index (χ4v) is 14.8. The Morgan fingerprint density at radius 2 is 0.778 bits per heavy atom.